The van der Waals surface area contributed by atoms with Gasteiger partial charge in [0, 0.05) is 5.41 Å². The zero-order valence-electron chi connectivity index (χ0n) is 40.0. The Labute approximate surface area is 396 Å². The maximum Gasteiger partial charge on any atom is 0.315 e. The lowest BCUT2D eigenvalue weighted by atomic mass is 9.33. The van der Waals surface area contributed by atoms with Crippen LogP contribution in [0.5, 0.6) is 0 Å². The Hall–Kier alpha value is -1.96. The number of aliphatic hydroxyl groups is 11. The fraction of sp³-hybridized carbons (Fsp3) is 0.917. The predicted molar refractivity (Wildman–Crippen MR) is 232 cm³/mol. The van der Waals surface area contributed by atoms with Crippen LogP contribution in [-0.2, 0) is 42.7 Å². The third kappa shape index (κ3) is 7.94. The van der Waals surface area contributed by atoms with E-state index < -0.39 is 139 Å². The number of aliphatic hydroxyl groups excluding tert-OH is 11. The highest BCUT2D eigenvalue weighted by molar-refractivity contribution is 5.81. The first-order valence-electron chi connectivity index (χ1n) is 24.5. The lowest BCUT2D eigenvalue weighted by Gasteiger charge is -2.71. The number of allylic oxidation sites excluding steroid dienone is 2. The van der Waals surface area contributed by atoms with Crippen LogP contribution < -0.4 is 0 Å². The summed E-state index contributed by atoms with van der Waals surface area (Å²) in [5.74, 6) is -1.43. The van der Waals surface area contributed by atoms with Crippen molar-refractivity contribution >= 4 is 11.9 Å². The van der Waals surface area contributed by atoms with Crippen LogP contribution in [-0.4, -0.2) is 194 Å². The summed E-state index contributed by atoms with van der Waals surface area (Å²) in [6, 6.07) is 0. The molecule has 24 atom stereocenters. The van der Waals surface area contributed by atoms with Crippen molar-refractivity contribution in [2.75, 3.05) is 33.5 Å². The van der Waals surface area contributed by atoms with Crippen molar-refractivity contribution in [2.45, 2.75) is 191 Å². The molecule has 68 heavy (non-hydrogen) atoms. The highest BCUT2D eigenvalue weighted by Gasteiger charge is 2.71. The summed E-state index contributed by atoms with van der Waals surface area (Å²) in [4.78, 5) is 28.3. The molecule has 8 aliphatic rings. The first-order chi connectivity index (χ1) is 31.9. The Bertz CT molecular complexity index is 1880. The van der Waals surface area contributed by atoms with Gasteiger partial charge in [-0.1, -0.05) is 39.3 Å². The SMILES string of the molecule is COC(=O)[C@@]1(C)CC[C@]2(C(=O)O[C@@H]3O[C@H](CO)[C@@H](O)[C@H](O)[C@H]3O)CC[C@]3(C)C(=CC[C@@H]4[C@@]5(C)CC[C@H](O[C@@H]6OC[C@@H](O[C@@H]7O[C@H](CO)[C@@H](O)[C@H](O)[C@H]7O)[C@H](O)[C@H]6O)[C@@](C)(CO)[C@@H]5CC[C@]43C)[C@@H]2C1. The smallest absolute Gasteiger partial charge is 0.315 e. The number of carbonyl (C=O) groups excluding carboxylic acids is 2. The number of hydrogen-bond donors (Lipinski definition) is 11. The highest BCUT2D eigenvalue weighted by atomic mass is 16.7. The molecule has 20 nitrogen and oxygen atoms in total. The minimum atomic E-state index is -1.77. The molecule has 4 saturated carbocycles. The molecular weight excluding hydrogens is 897 g/mol. The second kappa shape index (κ2) is 18.8. The molecule has 3 aliphatic heterocycles. The van der Waals surface area contributed by atoms with Crippen molar-refractivity contribution in [3.05, 3.63) is 11.6 Å². The van der Waals surface area contributed by atoms with E-state index in [1.54, 1.807) is 0 Å². The molecule has 0 aromatic carbocycles. The summed E-state index contributed by atoms with van der Waals surface area (Å²) in [5, 5.41) is 116. The Morgan fingerprint density at radius 3 is 1.88 bits per heavy atom. The second-order valence-electron chi connectivity index (χ2n) is 22.7. The number of rotatable bonds is 10. The Morgan fingerprint density at radius 2 is 1.26 bits per heavy atom. The normalized spacial score (nSPS) is 53.7. The van der Waals surface area contributed by atoms with Gasteiger partial charge in [0.05, 0.1) is 50.5 Å². The van der Waals surface area contributed by atoms with Gasteiger partial charge in [-0.25, -0.2) is 0 Å². The number of carbonyl (C=O) groups is 2. The van der Waals surface area contributed by atoms with E-state index in [0.717, 1.165) is 12.0 Å². The molecule has 3 heterocycles. The Balaban J connectivity index is 1.02. The van der Waals surface area contributed by atoms with Crippen LogP contribution in [0.3, 0.4) is 0 Å². The van der Waals surface area contributed by atoms with Gasteiger partial charge in [0.15, 0.2) is 12.6 Å². The minimum absolute atomic E-state index is 0.0585. The van der Waals surface area contributed by atoms with Crippen molar-refractivity contribution in [2.24, 2.45) is 50.2 Å². The Kier molecular flexibility index (Phi) is 14.5. The summed E-state index contributed by atoms with van der Waals surface area (Å²) >= 11 is 0. The van der Waals surface area contributed by atoms with E-state index in [2.05, 4.69) is 26.8 Å². The highest BCUT2D eigenvalue weighted by Crippen LogP contribution is 2.76. The Morgan fingerprint density at radius 1 is 0.662 bits per heavy atom. The first kappa shape index (κ1) is 52.4. The van der Waals surface area contributed by atoms with Gasteiger partial charge in [-0.05, 0) is 105 Å². The maximum absolute atomic E-state index is 14.8. The summed E-state index contributed by atoms with van der Waals surface area (Å²) in [5.41, 5.74) is -2.89. The van der Waals surface area contributed by atoms with Crippen LogP contribution in [0.1, 0.15) is 98.8 Å². The molecule has 0 aromatic rings. The number of hydrogen-bond acceptors (Lipinski definition) is 20. The zero-order valence-corrected chi connectivity index (χ0v) is 40.0. The van der Waals surface area contributed by atoms with Crippen LogP contribution in [0.25, 0.3) is 0 Å². The van der Waals surface area contributed by atoms with Crippen LogP contribution in [0.4, 0.5) is 0 Å². The van der Waals surface area contributed by atoms with Gasteiger partial charge in [-0.2, -0.15) is 0 Å². The zero-order chi connectivity index (χ0) is 49.7. The maximum atomic E-state index is 14.8. The van der Waals surface area contributed by atoms with Gasteiger partial charge in [-0.3, -0.25) is 9.59 Å². The van der Waals surface area contributed by atoms with Gasteiger partial charge in [0.1, 0.15) is 67.1 Å². The molecule has 3 saturated heterocycles. The summed E-state index contributed by atoms with van der Waals surface area (Å²) in [7, 11) is 1.35. The molecule has 5 aliphatic carbocycles. The fourth-order valence-corrected chi connectivity index (χ4v) is 15.0. The van der Waals surface area contributed by atoms with E-state index in [1.165, 1.54) is 7.11 Å². The molecule has 11 N–H and O–H groups in total. The van der Waals surface area contributed by atoms with Gasteiger partial charge in [0.2, 0.25) is 6.29 Å². The minimum Gasteiger partial charge on any atom is -0.469 e. The topological polar surface area (TPSA) is 321 Å². The molecule has 388 valence electrons. The van der Waals surface area contributed by atoms with Crippen molar-refractivity contribution in [1.82, 2.24) is 0 Å². The fourth-order valence-electron chi connectivity index (χ4n) is 15.0. The van der Waals surface area contributed by atoms with Crippen LogP contribution in [0.2, 0.25) is 0 Å². The second-order valence-corrected chi connectivity index (χ2v) is 22.7. The van der Waals surface area contributed by atoms with Gasteiger partial charge in [0.25, 0.3) is 0 Å². The largest absolute Gasteiger partial charge is 0.469 e. The van der Waals surface area contributed by atoms with Gasteiger partial charge in [-0.15, -0.1) is 0 Å². The van der Waals surface area contributed by atoms with Gasteiger partial charge >= 0.3 is 11.9 Å². The third-order valence-electron chi connectivity index (χ3n) is 19.5. The van der Waals surface area contributed by atoms with E-state index in [-0.39, 0.29) is 48.3 Å². The number of fused-ring (bicyclic) bond motifs is 7. The molecule has 8 rings (SSSR count). The summed E-state index contributed by atoms with van der Waals surface area (Å²) < 4.78 is 40.5. The lowest BCUT2D eigenvalue weighted by Crippen LogP contribution is -2.67. The van der Waals surface area contributed by atoms with E-state index in [1.807, 2.05) is 13.8 Å². The number of ether oxygens (including phenoxy) is 7. The average Bonchev–Trinajstić information content (AvgIpc) is 3.32. The summed E-state index contributed by atoms with van der Waals surface area (Å²) in [6.45, 7) is 8.87. The van der Waals surface area contributed by atoms with Crippen molar-refractivity contribution in [3.8, 4) is 0 Å². The quantitative estimate of drug-likeness (QED) is 0.0704. The van der Waals surface area contributed by atoms with E-state index in [0.29, 0.717) is 51.4 Å². The summed E-state index contributed by atoms with van der Waals surface area (Å²) in [6.07, 6.45) is -14.8. The van der Waals surface area contributed by atoms with E-state index in [4.69, 9.17) is 33.2 Å². The molecule has 7 fully saturated rings. The van der Waals surface area contributed by atoms with Crippen LogP contribution in [0, 0.1) is 50.2 Å². The molecular formula is C48H76O20. The lowest BCUT2D eigenvalue weighted by molar-refractivity contribution is -0.352. The van der Waals surface area contributed by atoms with Crippen molar-refractivity contribution < 1.29 is 98.9 Å². The molecule has 20 heteroatoms. The third-order valence-corrected chi connectivity index (χ3v) is 19.5. The number of methoxy groups -OCH3 is 1. The molecule has 0 spiro atoms. The first-order valence-corrected chi connectivity index (χ1v) is 24.5. The van der Waals surface area contributed by atoms with Crippen molar-refractivity contribution in [3.63, 3.8) is 0 Å². The van der Waals surface area contributed by atoms with Crippen molar-refractivity contribution in [1.29, 1.82) is 0 Å². The van der Waals surface area contributed by atoms with Crippen LogP contribution >= 0.6 is 0 Å². The molecule has 0 unspecified atom stereocenters. The average molecular weight is 973 g/mol. The molecule has 0 aromatic heterocycles. The molecule has 0 bridgehead atoms. The van der Waals surface area contributed by atoms with E-state index >= 15 is 0 Å². The monoisotopic (exact) mass is 972 g/mol. The standard InChI is InChI=1S/C48H76O20/c1-43(41(60)62-6)13-15-48(42(61)68-40-37(59)34(56)31(53)25(19-50)65-40)16-14-46(4)22(23(48)17-43)7-8-28-44(2)11-10-29(45(3,21-51)27(44)9-12-47(28,46)5)67-38-35(57)32(54)26(20-63-38)66-39-36(58)33(55)30(52)24(18-49)64-39/h7,23-40,49-59H,8-21H2,1-6H3/t23-,24+,25+,26+,27+,28+,29-,30+,31+,32-,33-,34-,35+,36+,37+,38-,39-,40-,43-,44-,45-,46+,47+,48-/m0/s1. The van der Waals surface area contributed by atoms with E-state index in [9.17, 15) is 65.8 Å². The molecule has 0 radical (unpaired) electrons. The predicted octanol–water partition coefficient (Wildman–Crippen LogP) is -1.09. The molecule has 0 amide bonds. The number of esters is 2. The van der Waals surface area contributed by atoms with Gasteiger partial charge < -0.3 is 89.3 Å². The van der Waals surface area contributed by atoms with Crippen LogP contribution in [0.15, 0.2) is 11.6 Å².